The van der Waals surface area contributed by atoms with Crippen molar-refractivity contribution in [1.82, 2.24) is 14.8 Å². The lowest BCUT2D eigenvalue weighted by atomic mass is 10.0. The SMILES string of the molecule is COc1cc(C2CC(=O)Nc3ncnn32)cc(Br)c1OCc1ccccc1F. The van der Waals surface area contributed by atoms with Crippen molar-refractivity contribution in [2.75, 3.05) is 12.4 Å². The Balaban J connectivity index is 1.65. The van der Waals surface area contributed by atoms with Crippen LogP contribution in [0.1, 0.15) is 23.6 Å². The summed E-state index contributed by atoms with van der Waals surface area (Å²) < 4.78 is 27.4. The molecule has 1 aliphatic heterocycles. The highest BCUT2D eigenvalue weighted by Crippen LogP contribution is 2.41. The van der Waals surface area contributed by atoms with Crippen molar-refractivity contribution in [3.8, 4) is 11.5 Å². The molecule has 0 fully saturated rings. The fourth-order valence-corrected chi connectivity index (χ4v) is 3.68. The number of fused-ring (bicyclic) bond motifs is 1. The molecule has 1 aromatic heterocycles. The number of aromatic nitrogens is 3. The second-order valence-electron chi connectivity index (χ2n) is 6.21. The van der Waals surface area contributed by atoms with Gasteiger partial charge in [0.25, 0.3) is 0 Å². The second-order valence-corrected chi connectivity index (χ2v) is 7.06. The van der Waals surface area contributed by atoms with E-state index in [0.29, 0.717) is 27.5 Å². The predicted molar refractivity (Wildman–Crippen MR) is 103 cm³/mol. The number of halogens is 2. The van der Waals surface area contributed by atoms with Gasteiger partial charge in [-0.2, -0.15) is 10.1 Å². The number of hydrogen-bond donors (Lipinski definition) is 1. The number of nitrogens with one attached hydrogen (secondary N) is 1. The molecule has 1 atom stereocenters. The van der Waals surface area contributed by atoms with Crippen LogP contribution in [-0.4, -0.2) is 27.8 Å². The van der Waals surface area contributed by atoms with Crippen molar-refractivity contribution in [3.05, 3.63) is 64.1 Å². The van der Waals surface area contributed by atoms with Gasteiger partial charge < -0.3 is 9.47 Å². The van der Waals surface area contributed by atoms with Gasteiger partial charge in [-0.3, -0.25) is 10.1 Å². The highest BCUT2D eigenvalue weighted by Gasteiger charge is 2.29. The van der Waals surface area contributed by atoms with Crippen molar-refractivity contribution in [2.24, 2.45) is 0 Å². The number of anilines is 1. The largest absolute Gasteiger partial charge is 0.493 e. The van der Waals surface area contributed by atoms with Crippen LogP contribution in [0, 0.1) is 5.82 Å². The summed E-state index contributed by atoms with van der Waals surface area (Å²) in [7, 11) is 1.52. The van der Waals surface area contributed by atoms with E-state index in [1.807, 2.05) is 6.07 Å². The molecule has 0 saturated heterocycles. The van der Waals surface area contributed by atoms with Crippen LogP contribution in [0.3, 0.4) is 0 Å². The molecule has 9 heteroatoms. The first-order chi connectivity index (χ1) is 13.6. The lowest BCUT2D eigenvalue weighted by Gasteiger charge is -2.25. The van der Waals surface area contributed by atoms with Gasteiger partial charge in [0.15, 0.2) is 11.5 Å². The average Bonchev–Trinajstić information content (AvgIpc) is 3.15. The molecule has 1 aliphatic rings. The molecule has 0 radical (unpaired) electrons. The Bertz CT molecular complexity index is 1040. The highest BCUT2D eigenvalue weighted by molar-refractivity contribution is 9.10. The van der Waals surface area contributed by atoms with Gasteiger partial charge in [0, 0.05) is 5.56 Å². The van der Waals surface area contributed by atoms with E-state index < -0.39 is 0 Å². The molecular formula is C19H16BrFN4O3. The van der Waals surface area contributed by atoms with Gasteiger partial charge in [0.05, 0.1) is 24.0 Å². The van der Waals surface area contributed by atoms with Crippen molar-refractivity contribution < 1.29 is 18.7 Å². The average molecular weight is 447 g/mol. The fraction of sp³-hybridized carbons (Fsp3) is 0.211. The summed E-state index contributed by atoms with van der Waals surface area (Å²) >= 11 is 3.50. The van der Waals surface area contributed by atoms with E-state index in [-0.39, 0.29) is 30.8 Å². The molecule has 7 nitrogen and oxygen atoms in total. The van der Waals surface area contributed by atoms with Crippen molar-refractivity contribution >= 4 is 27.8 Å². The molecule has 28 heavy (non-hydrogen) atoms. The van der Waals surface area contributed by atoms with Gasteiger partial charge in [-0.25, -0.2) is 9.07 Å². The summed E-state index contributed by atoms with van der Waals surface area (Å²) in [5.74, 6) is 0.847. The fourth-order valence-electron chi connectivity index (χ4n) is 3.10. The Morgan fingerprint density at radius 2 is 2.18 bits per heavy atom. The summed E-state index contributed by atoms with van der Waals surface area (Å²) in [6, 6.07) is 9.74. The number of benzene rings is 2. The Hall–Kier alpha value is -2.94. The van der Waals surface area contributed by atoms with Gasteiger partial charge in [-0.05, 0) is 39.7 Å². The van der Waals surface area contributed by atoms with Crippen molar-refractivity contribution in [2.45, 2.75) is 19.1 Å². The van der Waals surface area contributed by atoms with Gasteiger partial charge in [0.1, 0.15) is 18.8 Å². The molecule has 1 N–H and O–H groups in total. The van der Waals surface area contributed by atoms with E-state index in [4.69, 9.17) is 9.47 Å². The predicted octanol–water partition coefficient (Wildman–Crippen LogP) is 3.70. The number of carbonyl (C=O) groups is 1. The maximum Gasteiger partial charge on any atom is 0.229 e. The first kappa shape index (κ1) is 18.4. The number of rotatable bonds is 5. The molecule has 0 spiro atoms. The summed E-state index contributed by atoms with van der Waals surface area (Å²) in [6.07, 6.45) is 1.62. The highest BCUT2D eigenvalue weighted by atomic mass is 79.9. The summed E-state index contributed by atoms with van der Waals surface area (Å²) in [5.41, 5.74) is 1.25. The molecular weight excluding hydrogens is 431 g/mol. The molecule has 0 saturated carbocycles. The summed E-state index contributed by atoms with van der Waals surface area (Å²) in [5, 5.41) is 6.89. The van der Waals surface area contributed by atoms with Crippen LogP contribution in [0.5, 0.6) is 11.5 Å². The quantitative estimate of drug-likeness (QED) is 0.646. The van der Waals surface area contributed by atoms with Crippen molar-refractivity contribution in [3.63, 3.8) is 0 Å². The van der Waals surface area contributed by atoms with Gasteiger partial charge >= 0.3 is 0 Å². The lowest BCUT2D eigenvalue weighted by Crippen LogP contribution is -2.29. The minimum atomic E-state index is -0.332. The third kappa shape index (κ3) is 3.45. The van der Waals surface area contributed by atoms with E-state index >= 15 is 0 Å². The Morgan fingerprint density at radius 3 is 2.96 bits per heavy atom. The summed E-state index contributed by atoms with van der Waals surface area (Å²) in [4.78, 5) is 16.1. The molecule has 3 aromatic rings. The first-order valence-electron chi connectivity index (χ1n) is 8.50. The van der Waals surface area contributed by atoms with Gasteiger partial charge in [-0.1, -0.05) is 18.2 Å². The zero-order chi connectivity index (χ0) is 19.7. The monoisotopic (exact) mass is 446 g/mol. The minimum absolute atomic E-state index is 0.0556. The van der Waals surface area contributed by atoms with E-state index in [2.05, 4.69) is 31.3 Å². The zero-order valence-corrected chi connectivity index (χ0v) is 16.4. The lowest BCUT2D eigenvalue weighted by molar-refractivity contribution is -0.117. The van der Waals surface area contributed by atoms with Crippen LogP contribution < -0.4 is 14.8 Å². The topological polar surface area (TPSA) is 78.3 Å². The van der Waals surface area contributed by atoms with Crippen LogP contribution in [0.4, 0.5) is 10.3 Å². The maximum absolute atomic E-state index is 13.9. The third-order valence-electron chi connectivity index (χ3n) is 4.46. The van der Waals surface area contributed by atoms with E-state index in [1.165, 1.54) is 19.5 Å². The van der Waals surface area contributed by atoms with E-state index in [0.717, 1.165) is 5.56 Å². The van der Waals surface area contributed by atoms with E-state index in [1.54, 1.807) is 28.9 Å². The Morgan fingerprint density at radius 1 is 1.36 bits per heavy atom. The molecule has 144 valence electrons. The molecule has 0 aliphatic carbocycles. The molecule has 4 rings (SSSR count). The Kier molecular flexibility index (Phi) is 4.99. The molecule has 1 unspecified atom stereocenters. The third-order valence-corrected chi connectivity index (χ3v) is 5.05. The first-order valence-corrected chi connectivity index (χ1v) is 9.29. The van der Waals surface area contributed by atoms with Crippen LogP contribution in [0.2, 0.25) is 0 Å². The standard InChI is InChI=1S/C19H16BrFN4O3/c1-27-16-7-12(15-8-17(26)24-19-22-10-23-25(15)19)6-13(20)18(16)28-9-11-4-2-3-5-14(11)21/h2-7,10,15H,8-9H2,1H3,(H,22,23,24,26). The number of ether oxygens (including phenoxy) is 2. The van der Waals surface area contributed by atoms with Gasteiger partial charge in [-0.15, -0.1) is 0 Å². The summed E-state index contributed by atoms with van der Waals surface area (Å²) in [6.45, 7) is 0.0556. The Labute approximate surface area is 168 Å². The minimum Gasteiger partial charge on any atom is -0.493 e. The smallest absolute Gasteiger partial charge is 0.229 e. The molecule has 0 bridgehead atoms. The van der Waals surface area contributed by atoms with E-state index in [9.17, 15) is 9.18 Å². The number of methoxy groups -OCH3 is 1. The van der Waals surface area contributed by atoms with Crippen LogP contribution in [-0.2, 0) is 11.4 Å². The number of nitrogens with zero attached hydrogens (tertiary/aromatic N) is 3. The normalized spacial score (nSPS) is 15.7. The van der Waals surface area contributed by atoms with Crippen LogP contribution >= 0.6 is 15.9 Å². The van der Waals surface area contributed by atoms with Crippen LogP contribution in [0.25, 0.3) is 0 Å². The zero-order valence-electron chi connectivity index (χ0n) is 14.9. The molecule has 2 heterocycles. The number of hydrogen-bond acceptors (Lipinski definition) is 5. The maximum atomic E-state index is 13.9. The number of carbonyl (C=O) groups excluding carboxylic acids is 1. The second kappa shape index (κ2) is 7.59. The van der Waals surface area contributed by atoms with Crippen molar-refractivity contribution in [1.29, 1.82) is 0 Å². The number of amides is 1. The van der Waals surface area contributed by atoms with Crippen LogP contribution in [0.15, 0.2) is 47.2 Å². The van der Waals surface area contributed by atoms with Gasteiger partial charge in [0.2, 0.25) is 11.9 Å². The molecule has 2 aromatic carbocycles. The molecule has 1 amide bonds.